The number of aryl methyl sites for hydroxylation is 1. The molecular weight excluding hydrogens is 218 g/mol. The minimum atomic E-state index is -0.169. The molecule has 3 N–H and O–H groups in total. The quantitative estimate of drug-likeness (QED) is 0.784. The molecule has 0 atom stereocenters. The van der Waals surface area contributed by atoms with Crippen molar-refractivity contribution in [3.8, 4) is 0 Å². The maximum absolute atomic E-state index is 11.9. The van der Waals surface area contributed by atoms with E-state index in [9.17, 15) is 4.79 Å². The molecule has 0 aliphatic carbocycles. The van der Waals surface area contributed by atoms with Crippen LogP contribution in [0.3, 0.4) is 0 Å². The van der Waals surface area contributed by atoms with E-state index >= 15 is 0 Å². The first-order valence-electron chi connectivity index (χ1n) is 5.20. The fourth-order valence-corrected chi connectivity index (χ4v) is 1.48. The van der Waals surface area contributed by atoms with Gasteiger partial charge in [0.2, 0.25) is 0 Å². The molecular formula is C12H13N3O2. The normalized spacial score (nSPS) is 10.2. The molecule has 0 fully saturated rings. The Bertz CT molecular complexity index is 521. The summed E-state index contributed by atoms with van der Waals surface area (Å²) >= 11 is 0. The van der Waals surface area contributed by atoms with Crippen molar-refractivity contribution in [3.05, 3.63) is 47.3 Å². The molecule has 0 spiro atoms. The van der Waals surface area contributed by atoms with Crippen molar-refractivity contribution in [3.63, 3.8) is 0 Å². The number of aromatic nitrogens is 1. The molecule has 2 aromatic rings. The summed E-state index contributed by atoms with van der Waals surface area (Å²) in [6, 6.07) is 6.95. The van der Waals surface area contributed by atoms with Gasteiger partial charge in [-0.1, -0.05) is 11.2 Å². The lowest BCUT2D eigenvalue weighted by molar-refractivity contribution is 0.0949. The van der Waals surface area contributed by atoms with Crippen molar-refractivity contribution < 1.29 is 9.32 Å². The van der Waals surface area contributed by atoms with Gasteiger partial charge in [0, 0.05) is 17.3 Å². The Balaban J connectivity index is 2.07. The number of carbonyl (C=O) groups excluding carboxylic acids is 1. The Morgan fingerprint density at radius 2 is 2.29 bits per heavy atom. The van der Waals surface area contributed by atoms with Gasteiger partial charge in [-0.25, -0.2) is 0 Å². The van der Waals surface area contributed by atoms with Crippen LogP contribution in [0.15, 0.2) is 35.1 Å². The molecule has 2 rings (SSSR count). The molecule has 1 aromatic heterocycles. The van der Waals surface area contributed by atoms with Crippen molar-refractivity contribution in [1.29, 1.82) is 0 Å². The third-order valence-corrected chi connectivity index (χ3v) is 2.43. The average molecular weight is 231 g/mol. The number of carbonyl (C=O) groups is 1. The third-order valence-electron chi connectivity index (χ3n) is 2.43. The SMILES string of the molecule is Cc1ccc(N)cc1C(=O)NCc1ccon1. The number of rotatable bonds is 3. The predicted octanol–water partition coefficient (Wildman–Crippen LogP) is 1.50. The Morgan fingerprint density at radius 1 is 1.47 bits per heavy atom. The van der Waals surface area contributed by atoms with Crippen molar-refractivity contribution in [2.45, 2.75) is 13.5 Å². The topological polar surface area (TPSA) is 81.2 Å². The third kappa shape index (κ3) is 2.63. The van der Waals surface area contributed by atoms with Crippen LogP contribution in [0.1, 0.15) is 21.6 Å². The zero-order chi connectivity index (χ0) is 12.3. The molecule has 1 heterocycles. The predicted molar refractivity (Wildman–Crippen MR) is 63.3 cm³/mol. The largest absolute Gasteiger partial charge is 0.399 e. The Kier molecular flexibility index (Phi) is 3.09. The number of hydrogen-bond acceptors (Lipinski definition) is 4. The standard InChI is InChI=1S/C12H13N3O2/c1-8-2-3-9(13)6-11(8)12(16)14-7-10-4-5-17-15-10/h2-6H,7,13H2,1H3,(H,14,16). The number of nitrogens with zero attached hydrogens (tertiary/aromatic N) is 1. The Hall–Kier alpha value is -2.30. The lowest BCUT2D eigenvalue weighted by Crippen LogP contribution is -2.23. The van der Waals surface area contributed by atoms with Crippen LogP contribution in [0, 0.1) is 6.92 Å². The van der Waals surface area contributed by atoms with Crippen LogP contribution in [0.5, 0.6) is 0 Å². The number of nitrogens with one attached hydrogen (secondary N) is 1. The summed E-state index contributed by atoms with van der Waals surface area (Å²) in [7, 11) is 0. The highest BCUT2D eigenvalue weighted by atomic mass is 16.5. The first-order chi connectivity index (χ1) is 8.16. The second-order valence-electron chi connectivity index (χ2n) is 3.75. The highest BCUT2D eigenvalue weighted by Gasteiger charge is 2.09. The van der Waals surface area contributed by atoms with Crippen LogP contribution in [0.25, 0.3) is 0 Å². The fourth-order valence-electron chi connectivity index (χ4n) is 1.48. The van der Waals surface area contributed by atoms with E-state index in [1.165, 1.54) is 6.26 Å². The molecule has 0 unspecified atom stereocenters. The van der Waals surface area contributed by atoms with Gasteiger partial charge >= 0.3 is 0 Å². The van der Waals surface area contributed by atoms with Crippen LogP contribution >= 0.6 is 0 Å². The summed E-state index contributed by atoms with van der Waals surface area (Å²) in [6.45, 7) is 2.20. The lowest BCUT2D eigenvalue weighted by atomic mass is 10.1. The molecule has 17 heavy (non-hydrogen) atoms. The summed E-state index contributed by atoms with van der Waals surface area (Å²) in [6.07, 6.45) is 1.47. The maximum Gasteiger partial charge on any atom is 0.251 e. The van der Waals surface area contributed by atoms with Gasteiger partial charge in [-0.2, -0.15) is 0 Å². The van der Waals surface area contributed by atoms with E-state index in [1.54, 1.807) is 18.2 Å². The Morgan fingerprint density at radius 3 is 3.00 bits per heavy atom. The molecule has 0 radical (unpaired) electrons. The summed E-state index contributed by atoms with van der Waals surface area (Å²) in [5.74, 6) is -0.169. The van der Waals surface area contributed by atoms with Crippen molar-refractivity contribution in [2.24, 2.45) is 0 Å². The number of benzene rings is 1. The molecule has 88 valence electrons. The first-order valence-corrected chi connectivity index (χ1v) is 5.20. The van der Waals surface area contributed by atoms with E-state index in [0.717, 1.165) is 5.56 Å². The minimum absolute atomic E-state index is 0.169. The summed E-state index contributed by atoms with van der Waals surface area (Å²) in [5, 5.41) is 6.46. The van der Waals surface area contributed by atoms with E-state index < -0.39 is 0 Å². The molecule has 0 aliphatic heterocycles. The molecule has 0 saturated heterocycles. The molecule has 0 bridgehead atoms. The van der Waals surface area contributed by atoms with Gasteiger partial charge in [-0.05, 0) is 24.6 Å². The zero-order valence-electron chi connectivity index (χ0n) is 9.43. The molecule has 5 heteroatoms. The summed E-state index contributed by atoms with van der Waals surface area (Å²) in [4.78, 5) is 11.9. The van der Waals surface area contributed by atoms with Gasteiger partial charge in [0.05, 0.1) is 6.54 Å². The maximum atomic E-state index is 11.9. The van der Waals surface area contributed by atoms with E-state index in [2.05, 4.69) is 15.0 Å². The lowest BCUT2D eigenvalue weighted by Gasteiger charge is -2.07. The smallest absolute Gasteiger partial charge is 0.251 e. The first kappa shape index (κ1) is 11.2. The van der Waals surface area contributed by atoms with Crippen molar-refractivity contribution >= 4 is 11.6 Å². The zero-order valence-corrected chi connectivity index (χ0v) is 9.43. The van der Waals surface area contributed by atoms with Gasteiger partial charge in [0.25, 0.3) is 5.91 Å². The molecule has 5 nitrogen and oxygen atoms in total. The van der Waals surface area contributed by atoms with Crippen LogP contribution in [0.2, 0.25) is 0 Å². The highest BCUT2D eigenvalue weighted by Crippen LogP contribution is 2.12. The van der Waals surface area contributed by atoms with Gasteiger partial charge in [-0.15, -0.1) is 0 Å². The summed E-state index contributed by atoms with van der Waals surface area (Å²) < 4.78 is 4.67. The van der Waals surface area contributed by atoms with E-state index in [0.29, 0.717) is 23.5 Å². The minimum Gasteiger partial charge on any atom is -0.399 e. The second kappa shape index (κ2) is 4.69. The van der Waals surface area contributed by atoms with Gasteiger partial charge in [0.15, 0.2) is 0 Å². The number of hydrogen-bond donors (Lipinski definition) is 2. The van der Waals surface area contributed by atoms with Gasteiger partial charge < -0.3 is 15.6 Å². The van der Waals surface area contributed by atoms with Crippen LogP contribution in [0.4, 0.5) is 5.69 Å². The monoisotopic (exact) mass is 231 g/mol. The number of amides is 1. The molecule has 0 aliphatic rings. The average Bonchev–Trinajstić information content (AvgIpc) is 2.82. The number of nitrogens with two attached hydrogens (primary N) is 1. The van der Waals surface area contributed by atoms with E-state index in [4.69, 9.17) is 5.73 Å². The van der Waals surface area contributed by atoms with Crippen LogP contribution < -0.4 is 11.1 Å². The Labute approximate surface area is 98.6 Å². The number of nitrogen functional groups attached to an aromatic ring is 1. The molecule has 1 amide bonds. The fraction of sp³-hybridized carbons (Fsp3) is 0.167. The highest BCUT2D eigenvalue weighted by molar-refractivity contribution is 5.96. The molecule has 1 aromatic carbocycles. The van der Waals surface area contributed by atoms with E-state index in [-0.39, 0.29) is 5.91 Å². The van der Waals surface area contributed by atoms with Gasteiger partial charge in [-0.3, -0.25) is 4.79 Å². The van der Waals surface area contributed by atoms with Crippen LogP contribution in [-0.2, 0) is 6.54 Å². The van der Waals surface area contributed by atoms with Gasteiger partial charge in [0.1, 0.15) is 12.0 Å². The van der Waals surface area contributed by atoms with E-state index in [1.807, 2.05) is 13.0 Å². The summed E-state index contributed by atoms with van der Waals surface area (Å²) in [5.41, 5.74) is 8.36. The van der Waals surface area contributed by atoms with Crippen LogP contribution in [-0.4, -0.2) is 11.1 Å². The number of anilines is 1. The molecule has 0 saturated carbocycles. The van der Waals surface area contributed by atoms with Crippen molar-refractivity contribution in [1.82, 2.24) is 10.5 Å². The van der Waals surface area contributed by atoms with Crippen molar-refractivity contribution in [2.75, 3.05) is 5.73 Å². The second-order valence-corrected chi connectivity index (χ2v) is 3.75.